The maximum absolute atomic E-state index is 10.6. The van der Waals surface area contributed by atoms with Crippen molar-refractivity contribution in [3.8, 4) is 0 Å². The van der Waals surface area contributed by atoms with E-state index >= 15 is 0 Å². The van der Waals surface area contributed by atoms with E-state index in [0.29, 0.717) is 0 Å². The number of esters is 2. The Bertz CT molecular complexity index is 298. The number of rotatable bonds is 3. The van der Waals surface area contributed by atoms with Crippen LogP contribution in [-0.4, -0.2) is 56.9 Å². The van der Waals surface area contributed by atoms with Crippen molar-refractivity contribution in [1.29, 1.82) is 0 Å². The molecule has 0 aliphatic heterocycles. The summed E-state index contributed by atoms with van der Waals surface area (Å²) >= 11 is 0. The Labute approximate surface area is 137 Å². The van der Waals surface area contributed by atoms with Crippen molar-refractivity contribution in [2.24, 2.45) is 0 Å². The fourth-order valence-electron chi connectivity index (χ4n) is 0.551. The molecule has 0 saturated heterocycles. The Kier molecular flexibility index (Phi) is 9.41. The number of aliphatic hydroxyl groups is 2. The van der Waals surface area contributed by atoms with Crippen LogP contribution in [0.25, 0.3) is 0 Å². The van der Waals surface area contributed by atoms with Gasteiger partial charge in [0.05, 0.1) is 0 Å². The number of aliphatic hydroxyl groups excluding tert-OH is 2. The quantitative estimate of drug-likeness (QED) is 0.223. The van der Waals surface area contributed by atoms with Gasteiger partial charge in [0.25, 0.3) is 0 Å². The van der Waals surface area contributed by atoms with Crippen LogP contribution in [0.15, 0.2) is 0 Å². The van der Waals surface area contributed by atoms with Crippen molar-refractivity contribution in [3.63, 3.8) is 0 Å². The van der Waals surface area contributed by atoms with Crippen LogP contribution in [-0.2, 0) is 19.1 Å². The minimum Gasteiger partial charge on any atom is -1.00 e. The summed E-state index contributed by atoms with van der Waals surface area (Å²) in [6.45, 7) is 0. The molecule has 0 amide bonds. The number of hydrogen-bond acceptors (Lipinski definition) is 8. The molecule has 4 N–H and O–H groups in total. The van der Waals surface area contributed by atoms with Gasteiger partial charge in [0, 0.05) is 0 Å². The molecular formula is C6H7KO10. The van der Waals surface area contributed by atoms with Crippen molar-refractivity contribution in [2.45, 2.75) is 12.2 Å². The molecule has 0 fully saturated rings. The summed E-state index contributed by atoms with van der Waals surface area (Å²) in [6, 6.07) is 0. The first-order valence-corrected chi connectivity index (χ1v) is 3.51. The molecule has 92 valence electrons. The van der Waals surface area contributed by atoms with Crippen molar-refractivity contribution >= 4 is 24.2 Å². The van der Waals surface area contributed by atoms with Crippen molar-refractivity contribution in [3.05, 3.63) is 0 Å². The molecule has 0 radical (unpaired) electrons. The van der Waals surface area contributed by atoms with Gasteiger partial charge >= 0.3 is 75.6 Å². The third kappa shape index (κ3) is 7.38. The van der Waals surface area contributed by atoms with E-state index in [1.807, 2.05) is 0 Å². The molecule has 10 nitrogen and oxygen atoms in total. The minimum atomic E-state index is -2.57. The summed E-state index contributed by atoms with van der Waals surface area (Å²) in [5.74, 6) is -3.69. The maximum Gasteiger partial charge on any atom is 1.00 e. The Morgan fingerprint density at radius 2 is 1.06 bits per heavy atom. The molecule has 0 aliphatic rings. The molecule has 2 atom stereocenters. The first-order valence-electron chi connectivity index (χ1n) is 3.51. The zero-order chi connectivity index (χ0) is 12.9. The van der Waals surface area contributed by atoms with Gasteiger partial charge in [-0.15, -0.1) is 0 Å². The van der Waals surface area contributed by atoms with Crippen molar-refractivity contribution < 1.29 is 102 Å². The van der Waals surface area contributed by atoms with Crippen LogP contribution < -0.4 is 51.4 Å². The molecule has 0 bridgehead atoms. The summed E-state index contributed by atoms with van der Waals surface area (Å²) < 4.78 is 6.80. The number of hydrogen-bond donors (Lipinski definition) is 4. The molecule has 2 unspecified atom stereocenters. The van der Waals surface area contributed by atoms with E-state index in [9.17, 15) is 19.2 Å². The minimum absolute atomic E-state index is 0. The molecule has 0 aliphatic carbocycles. The van der Waals surface area contributed by atoms with Crippen LogP contribution in [0, 0.1) is 0 Å². The summed E-state index contributed by atoms with van der Waals surface area (Å²) in [7, 11) is 0. The molecule has 11 heteroatoms. The summed E-state index contributed by atoms with van der Waals surface area (Å²) in [6.07, 6.45) is -9.27. The van der Waals surface area contributed by atoms with Gasteiger partial charge in [0.2, 0.25) is 0 Å². The van der Waals surface area contributed by atoms with Crippen LogP contribution in [0.3, 0.4) is 0 Å². The maximum atomic E-state index is 10.6. The molecule has 0 spiro atoms. The number of ether oxygens (including phenoxy) is 2. The number of carbonyl (C=O) groups excluding carboxylic acids is 2. The number of carbonyl (C=O) groups is 4. The normalized spacial score (nSPS) is 12.6. The van der Waals surface area contributed by atoms with Gasteiger partial charge in [0.1, 0.15) is 0 Å². The largest absolute Gasteiger partial charge is 1.00 e. The number of carboxylic acid groups (broad SMARTS) is 2. The molecule has 0 saturated carbocycles. The van der Waals surface area contributed by atoms with E-state index in [4.69, 9.17) is 20.4 Å². The van der Waals surface area contributed by atoms with Gasteiger partial charge < -0.3 is 31.3 Å². The van der Waals surface area contributed by atoms with E-state index in [2.05, 4.69) is 9.47 Å². The van der Waals surface area contributed by atoms with Gasteiger partial charge in [-0.1, -0.05) is 0 Å². The Hall–Kier alpha value is -0.564. The second-order valence-electron chi connectivity index (χ2n) is 2.26. The van der Waals surface area contributed by atoms with Gasteiger partial charge in [-0.25, -0.2) is 19.2 Å². The summed E-state index contributed by atoms with van der Waals surface area (Å²) in [4.78, 5) is 40.9. The van der Waals surface area contributed by atoms with E-state index in [1.54, 1.807) is 0 Å². The predicted octanol–water partition coefficient (Wildman–Crippen LogP) is -4.73. The average Bonchev–Trinajstić information content (AvgIpc) is 2.13. The van der Waals surface area contributed by atoms with Crippen molar-refractivity contribution in [2.75, 3.05) is 0 Å². The second kappa shape index (κ2) is 8.52. The smallest absolute Gasteiger partial charge is 1.00 e. The average molecular weight is 278 g/mol. The van der Waals surface area contributed by atoms with Gasteiger partial charge in [-0.3, -0.25) is 0 Å². The Balaban J connectivity index is -0.00000112. The summed E-state index contributed by atoms with van der Waals surface area (Å²) in [5.41, 5.74) is 0. The van der Waals surface area contributed by atoms with E-state index in [0.717, 1.165) is 0 Å². The third-order valence-corrected chi connectivity index (χ3v) is 1.16. The van der Waals surface area contributed by atoms with E-state index < -0.39 is 36.5 Å². The summed E-state index contributed by atoms with van der Waals surface area (Å²) in [5, 5.41) is 33.6. The SMILES string of the molecule is O=C(O)OC(=O)C(O)C(O)C(=O)OC(=O)O.[H-].[K+]. The van der Waals surface area contributed by atoms with Gasteiger partial charge in [-0.05, 0) is 0 Å². The predicted molar refractivity (Wildman–Crippen MR) is 41.4 cm³/mol. The Morgan fingerprint density at radius 1 is 0.824 bits per heavy atom. The first-order chi connectivity index (χ1) is 7.25. The van der Waals surface area contributed by atoms with Crippen molar-refractivity contribution in [1.82, 2.24) is 0 Å². The van der Waals surface area contributed by atoms with Gasteiger partial charge in [0.15, 0.2) is 12.2 Å². The molecule has 0 aromatic heterocycles. The topological polar surface area (TPSA) is 168 Å². The van der Waals surface area contributed by atoms with E-state index in [-0.39, 0.29) is 52.8 Å². The van der Waals surface area contributed by atoms with Crippen LogP contribution in [0.4, 0.5) is 9.59 Å². The monoisotopic (exact) mass is 278 g/mol. The Morgan fingerprint density at radius 3 is 1.24 bits per heavy atom. The molecule has 0 heterocycles. The molecule has 17 heavy (non-hydrogen) atoms. The zero-order valence-electron chi connectivity index (χ0n) is 9.39. The van der Waals surface area contributed by atoms with Crippen LogP contribution in [0.5, 0.6) is 0 Å². The first kappa shape index (κ1) is 18.8. The molecular weight excluding hydrogens is 271 g/mol. The van der Waals surface area contributed by atoms with Gasteiger partial charge in [-0.2, -0.15) is 0 Å². The fourth-order valence-corrected chi connectivity index (χ4v) is 0.551. The second-order valence-corrected chi connectivity index (χ2v) is 2.26. The molecule has 0 aromatic carbocycles. The molecule has 0 aromatic rings. The standard InChI is InChI=1S/C6H6O10.K.H/c7-1(3(9)15-5(11)12)2(8)4(10)16-6(13)14;;/h1-2,7-8H,(H,11,12)(H,13,14);;/q;+1;-1. The van der Waals surface area contributed by atoms with Crippen LogP contribution in [0.1, 0.15) is 1.43 Å². The van der Waals surface area contributed by atoms with Crippen LogP contribution >= 0.6 is 0 Å². The zero-order valence-corrected chi connectivity index (χ0v) is 11.5. The van der Waals surface area contributed by atoms with E-state index in [1.165, 1.54) is 0 Å². The third-order valence-electron chi connectivity index (χ3n) is 1.16. The molecule has 0 rings (SSSR count). The van der Waals surface area contributed by atoms with Crippen LogP contribution in [0.2, 0.25) is 0 Å². The fraction of sp³-hybridized carbons (Fsp3) is 0.333.